The molecule has 0 aliphatic rings. The zero-order chi connectivity index (χ0) is 10.5. The van der Waals surface area contributed by atoms with Crippen molar-refractivity contribution >= 4 is 34.8 Å². The van der Waals surface area contributed by atoms with Gasteiger partial charge < -0.3 is 0 Å². The average molecular weight is 237 g/mol. The Labute approximate surface area is 97.2 Å². The van der Waals surface area contributed by atoms with Gasteiger partial charge in [-0.2, -0.15) is 5.10 Å². The Morgan fingerprint density at radius 3 is 2.80 bits per heavy atom. The highest BCUT2D eigenvalue weighted by atomic mass is 35.5. The van der Waals surface area contributed by atoms with Gasteiger partial charge in [-0.15, -0.1) is 11.3 Å². The molecule has 76 valence electrons. The fourth-order valence-corrected chi connectivity index (χ4v) is 1.84. The molecular formula is C11H9ClN2S. The Morgan fingerprint density at radius 2 is 2.07 bits per heavy atom. The molecule has 1 aromatic heterocycles. The molecule has 0 aliphatic carbocycles. The summed E-state index contributed by atoms with van der Waals surface area (Å²) >= 11 is 7.59. The molecule has 1 aromatic carbocycles. The van der Waals surface area contributed by atoms with E-state index < -0.39 is 0 Å². The Morgan fingerprint density at radius 1 is 1.20 bits per heavy atom. The van der Waals surface area contributed by atoms with Gasteiger partial charge in [-0.1, -0.05) is 29.8 Å². The highest BCUT2D eigenvalue weighted by Crippen LogP contribution is 2.20. The summed E-state index contributed by atoms with van der Waals surface area (Å²) in [5.41, 5.74) is 3.71. The van der Waals surface area contributed by atoms with Crippen molar-refractivity contribution in [3.8, 4) is 0 Å². The Balaban J connectivity index is 2.02. The van der Waals surface area contributed by atoms with Crippen LogP contribution in [0.2, 0.25) is 5.02 Å². The van der Waals surface area contributed by atoms with Crippen molar-refractivity contribution < 1.29 is 0 Å². The number of rotatable bonds is 3. The lowest BCUT2D eigenvalue weighted by molar-refractivity contribution is 1.35. The molecule has 0 radical (unpaired) electrons. The van der Waals surface area contributed by atoms with E-state index in [0.29, 0.717) is 5.02 Å². The SMILES string of the molecule is Clc1ccccc1NN=Cc1cccs1. The number of hydrogen-bond acceptors (Lipinski definition) is 3. The van der Waals surface area contributed by atoms with Crippen LogP contribution in [0.15, 0.2) is 46.9 Å². The lowest BCUT2D eigenvalue weighted by atomic mass is 10.3. The maximum Gasteiger partial charge on any atom is 0.0748 e. The van der Waals surface area contributed by atoms with Crippen LogP contribution in [0.4, 0.5) is 5.69 Å². The molecule has 0 fully saturated rings. The summed E-state index contributed by atoms with van der Waals surface area (Å²) in [6, 6.07) is 11.5. The first-order valence-corrected chi connectivity index (χ1v) is 5.69. The number of nitrogens with one attached hydrogen (secondary N) is 1. The van der Waals surface area contributed by atoms with Crippen LogP contribution in [0.5, 0.6) is 0 Å². The fraction of sp³-hybridized carbons (Fsp3) is 0. The van der Waals surface area contributed by atoms with E-state index in [1.165, 1.54) is 0 Å². The summed E-state index contributed by atoms with van der Waals surface area (Å²) in [6.45, 7) is 0. The van der Waals surface area contributed by atoms with E-state index in [1.807, 2.05) is 41.8 Å². The van der Waals surface area contributed by atoms with Crippen molar-refractivity contribution in [1.29, 1.82) is 0 Å². The standard InChI is InChI=1S/C11H9ClN2S/c12-10-5-1-2-6-11(10)14-13-8-9-4-3-7-15-9/h1-8,14H. The molecule has 0 spiro atoms. The minimum Gasteiger partial charge on any atom is -0.277 e. The zero-order valence-electron chi connectivity index (χ0n) is 7.85. The Kier molecular flexibility index (Phi) is 3.37. The second kappa shape index (κ2) is 4.96. The van der Waals surface area contributed by atoms with Crippen molar-refractivity contribution in [2.45, 2.75) is 0 Å². The van der Waals surface area contributed by atoms with Crippen LogP contribution in [0, 0.1) is 0 Å². The van der Waals surface area contributed by atoms with Gasteiger partial charge in [0.1, 0.15) is 0 Å². The summed E-state index contributed by atoms with van der Waals surface area (Å²) in [6.07, 6.45) is 1.77. The van der Waals surface area contributed by atoms with Crippen molar-refractivity contribution in [3.63, 3.8) is 0 Å². The molecule has 0 unspecified atom stereocenters. The first kappa shape index (κ1) is 10.2. The van der Waals surface area contributed by atoms with E-state index in [2.05, 4.69) is 10.5 Å². The van der Waals surface area contributed by atoms with Gasteiger partial charge in [-0.25, -0.2) is 0 Å². The second-order valence-corrected chi connectivity index (χ2v) is 4.25. The summed E-state index contributed by atoms with van der Waals surface area (Å²) in [4.78, 5) is 1.11. The molecule has 1 heterocycles. The zero-order valence-corrected chi connectivity index (χ0v) is 9.42. The van der Waals surface area contributed by atoms with Crippen LogP contribution >= 0.6 is 22.9 Å². The molecule has 0 amide bonds. The van der Waals surface area contributed by atoms with Gasteiger partial charge in [0.2, 0.25) is 0 Å². The largest absolute Gasteiger partial charge is 0.277 e. The number of anilines is 1. The molecule has 2 aromatic rings. The smallest absolute Gasteiger partial charge is 0.0748 e. The maximum atomic E-state index is 5.95. The quantitative estimate of drug-likeness (QED) is 0.635. The van der Waals surface area contributed by atoms with Gasteiger partial charge in [-0.05, 0) is 23.6 Å². The number of para-hydroxylation sites is 1. The molecule has 0 bridgehead atoms. The van der Waals surface area contributed by atoms with E-state index in [-0.39, 0.29) is 0 Å². The van der Waals surface area contributed by atoms with E-state index in [4.69, 9.17) is 11.6 Å². The van der Waals surface area contributed by atoms with Crippen LogP contribution in [0.25, 0.3) is 0 Å². The van der Waals surface area contributed by atoms with Crippen molar-refractivity contribution in [1.82, 2.24) is 0 Å². The molecule has 1 N–H and O–H groups in total. The van der Waals surface area contributed by atoms with Gasteiger partial charge in [-0.3, -0.25) is 5.43 Å². The Hall–Kier alpha value is -1.32. The predicted molar refractivity (Wildman–Crippen MR) is 67.0 cm³/mol. The number of thiophene rings is 1. The summed E-state index contributed by atoms with van der Waals surface area (Å²) < 4.78 is 0. The van der Waals surface area contributed by atoms with Crippen molar-refractivity contribution in [2.75, 3.05) is 5.43 Å². The van der Waals surface area contributed by atoms with Gasteiger partial charge in [0.25, 0.3) is 0 Å². The number of nitrogens with zero attached hydrogens (tertiary/aromatic N) is 1. The molecular weight excluding hydrogens is 228 g/mol. The van der Waals surface area contributed by atoms with Crippen LogP contribution in [0.1, 0.15) is 4.88 Å². The van der Waals surface area contributed by atoms with E-state index in [0.717, 1.165) is 10.6 Å². The minimum atomic E-state index is 0.667. The lowest BCUT2D eigenvalue weighted by Crippen LogP contribution is -1.89. The molecule has 0 saturated carbocycles. The van der Waals surface area contributed by atoms with Crippen LogP contribution in [-0.4, -0.2) is 6.21 Å². The molecule has 0 saturated heterocycles. The maximum absolute atomic E-state index is 5.95. The van der Waals surface area contributed by atoms with Gasteiger partial charge in [0.15, 0.2) is 0 Å². The van der Waals surface area contributed by atoms with Gasteiger partial charge >= 0.3 is 0 Å². The van der Waals surface area contributed by atoms with E-state index >= 15 is 0 Å². The van der Waals surface area contributed by atoms with Crippen LogP contribution in [0.3, 0.4) is 0 Å². The minimum absolute atomic E-state index is 0.667. The molecule has 4 heteroatoms. The number of halogens is 1. The molecule has 0 atom stereocenters. The fourth-order valence-electron chi connectivity index (χ4n) is 1.08. The Bertz CT molecular complexity index is 451. The van der Waals surface area contributed by atoms with Gasteiger partial charge in [0.05, 0.1) is 16.9 Å². The third kappa shape index (κ3) is 2.81. The van der Waals surface area contributed by atoms with Crippen LogP contribution < -0.4 is 5.43 Å². The first-order valence-electron chi connectivity index (χ1n) is 4.43. The third-order valence-electron chi connectivity index (χ3n) is 1.79. The topological polar surface area (TPSA) is 24.4 Å². The second-order valence-electron chi connectivity index (χ2n) is 2.87. The number of hydrogen-bond donors (Lipinski definition) is 1. The molecule has 15 heavy (non-hydrogen) atoms. The number of benzene rings is 1. The molecule has 2 nitrogen and oxygen atoms in total. The molecule has 0 aliphatic heterocycles. The highest BCUT2D eigenvalue weighted by Gasteiger charge is 1.94. The summed E-state index contributed by atoms with van der Waals surface area (Å²) in [7, 11) is 0. The predicted octanol–water partition coefficient (Wildman–Crippen LogP) is 3.85. The van der Waals surface area contributed by atoms with E-state index in [9.17, 15) is 0 Å². The normalized spacial score (nSPS) is 10.7. The lowest BCUT2D eigenvalue weighted by Gasteiger charge is -2.00. The van der Waals surface area contributed by atoms with Gasteiger partial charge in [0, 0.05) is 4.88 Å². The average Bonchev–Trinajstić information content (AvgIpc) is 2.74. The molecule has 2 rings (SSSR count). The monoisotopic (exact) mass is 236 g/mol. The first-order chi connectivity index (χ1) is 7.36. The van der Waals surface area contributed by atoms with Crippen molar-refractivity contribution in [2.24, 2.45) is 5.10 Å². The van der Waals surface area contributed by atoms with E-state index in [1.54, 1.807) is 17.6 Å². The highest BCUT2D eigenvalue weighted by molar-refractivity contribution is 7.11. The third-order valence-corrected chi connectivity index (χ3v) is 2.93. The summed E-state index contributed by atoms with van der Waals surface area (Å²) in [5, 5.41) is 6.77. The summed E-state index contributed by atoms with van der Waals surface area (Å²) in [5.74, 6) is 0. The number of hydrazone groups is 1. The van der Waals surface area contributed by atoms with Crippen LogP contribution in [-0.2, 0) is 0 Å². The van der Waals surface area contributed by atoms with Crippen molar-refractivity contribution in [3.05, 3.63) is 51.7 Å².